The van der Waals surface area contributed by atoms with E-state index in [0.29, 0.717) is 19.3 Å². The summed E-state index contributed by atoms with van der Waals surface area (Å²) in [4.78, 5) is 51.2. The average molecular weight is 1090 g/mol. The molecule has 0 aromatic heterocycles. The molecule has 1 fully saturated rings. The van der Waals surface area contributed by atoms with Crippen LogP contribution in [0.1, 0.15) is 278 Å². The molecular weight excluding hydrogens is 973 g/mol. The maximum atomic E-state index is 13.2. The number of unbranched alkanes of at least 4 members (excludes halogenated alkanes) is 29. The van der Waals surface area contributed by atoms with Gasteiger partial charge in [0.15, 0.2) is 24.6 Å². The normalized spacial score (nSPS) is 18.4. The number of carboxylic acid groups (broad SMARTS) is 1. The first kappa shape index (κ1) is 71.4. The van der Waals surface area contributed by atoms with Crippen LogP contribution in [0.3, 0.4) is 0 Å². The molecule has 77 heavy (non-hydrogen) atoms. The number of allylic oxidation sites excluding steroid dienone is 10. The lowest BCUT2D eigenvalue weighted by Crippen LogP contribution is -2.61. The lowest BCUT2D eigenvalue weighted by molar-refractivity contribution is -0.301. The van der Waals surface area contributed by atoms with E-state index in [1.54, 1.807) is 0 Å². The van der Waals surface area contributed by atoms with Crippen LogP contribution in [0, 0.1) is 0 Å². The highest BCUT2D eigenvalue weighted by Crippen LogP contribution is 2.26. The monoisotopic (exact) mass is 1080 g/mol. The van der Waals surface area contributed by atoms with Gasteiger partial charge in [0.05, 0.1) is 6.61 Å². The number of hydrogen-bond acceptors (Lipinski definition) is 11. The number of carboxylic acids is 1. The van der Waals surface area contributed by atoms with Crippen LogP contribution in [0.4, 0.5) is 0 Å². The second kappa shape index (κ2) is 53.1. The third kappa shape index (κ3) is 43.0. The Morgan fingerprint density at radius 1 is 0.429 bits per heavy atom. The van der Waals surface area contributed by atoms with Gasteiger partial charge in [0.25, 0.3) is 0 Å². The van der Waals surface area contributed by atoms with Crippen molar-refractivity contribution in [2.24, 2.45) is 0 Å². The lowest BCUT2D eigenvalue weighted by Gasteiger charge is -2.40. The quantitative estimate of drug-likeness (QED) is 0.0228. The highest BCUT2D eigenvalue weighted by atomic mass is 16.7. The molecule has 6 atom stereocenters. The molecule has 444 valence electrons. The molecule has 0 saturated carbocycles. The molecule has 12 heteroatoms. The molecule has 3 N–H and O–H groups in total. The molecule has 0 bridgehead atoms. The van der Waals surface area contributed by atoms with Crippen LogP contribution in [0.25, 0.3) is 0 Å². The zero-order valence-corrected chi connectivity index (χ0v) is 49.0. The van der Waals surface area contributed by atoms with Gasteiger partial charge in [-0.05, 0) is 109 Å². The van der Waals surface area contributed by atoms with Gasteiger partial charge in [0.2, 0.25) is 0 Å². The average Bonchev–Trinajstić information content (AvgIpc) is 3.42. The predicted octanol–water partition coefficient (Wildman–Crippen LogP) is 16.3. The maximum absolute atomic E-state index is 13.2. The van der Waals surface area contributed by atoms with E-state index in [-0.39, 0.29) is 25.9 Å². The highest BCUT2D eigenvalue weighted by molar-refractivity contribution is 5.74. The Morgan fingerprint density at radius 2 is 0.779 bits per heavy atom. The van der Waals surface area contributed by atoms with Gasteiger partial charge in [-0.2, -0.15) is 0 Å². The van der Waals surface area contributed by atoms with E-state index >= 15 is 0 Å². The SMILES string of the molecule is CCCCC/C=C\C/C=C\CCCCCCCC(=O)OCC(COC1OC(C(=O)O)C(O)C(O)C1OC(=O)CCCCCCCCC/C=C\CCCCCCCC)OC(=O)CCCCCCC/C=C\C/C=C\CCCCC. The van der Waals surface area contributed by atoms with E-state index in [2.05, 4.69) is 81.5 Å². The second-order valence-electron chi connectivity index (χ2n) is 21.3. The van der Waals surface area contributed by atoms with Crippen molar-refractivity contribution >= 4 is 23.9 Å². The van der Waals surface area contributed by atoms with Crippen LogP contribution in [0.2, 0.25) is 0 Å². The molecular formula is C65H112O12. The second-order valence-corrected chi connectivity index (χ2v) is 21.3. The van der Waals surface area contributed by atoms with Crippen LogP contribution >= 0.6 is 0 Å². The first-order chi connectivity index (χ1) is 37.6. The first-order valence-corrected chi connectivity index (χ1v) is 31.3. The predicted molar refractivity (Wildman–Crippen MR) is 312 cm³/mol. The molecule has 0 radical (unpaired) electrons. The fourth-order valence-electron chi connectivity index (χ4n) is 9.19. The van der Waals surface area contributed by atoms with Crippen LogP contribution in [-0.2, 0) is 42.9 Å². The zero-order chi connectivity index (χ0) is 56.1. The van der Waals surface area contributed by atoms with Crippen molar-refractivity contribution in [2.45, 2.75) is 314 Å². The molecule has 0 aromatic rings. The Hall–Kier alpha value is -3.58. The van der Waals surface area contributed by atoms with Gasteiger partial charge < -0.3 is 39.0 Å². The first-order valence-electron chi connectivity index (χ1n) is 31.3. The fraction of sp³-hybridized carbons (Fsp3) is 0.785. The van der Waals surface area contributed by atoms with Crippen molar-refractivity contribution in [3.63, 3.8) is 0 Å². The Morgan fingerprint density at radius 3 is 1.21 bits per heavy atom. The summed E-state index contributed by atoms with van der Waals surface area (Å²) < 4.78 is 28.5. The van der Waals surface area contributed by atoms with Gasteiger partial charge in [-0.1, -0.05) is 210 Å². The summed E-state index contributed by atoms with van der Waals surface area (Å²) in [5, 5.41) is 31.5. The summed E-state index contributed by atoms with van der Waals surface area (Å²) in [6.45, 7) is 5.93. The number of carbonyl (C=O) groups is 4. The van der Waals surface area contributed by atoms with E-state index in [4.69, 9.17) is 23.7 Å². The van der Waals surface area contributed by atoms with Crippen molar-refractivity contribution in [2.75, 3.05) is 13.2 Å². The van der Waals surface area contributed by atoms with Gasteiger partial charge in [0, 0.05) is 19.3 Å². The molecule has 1 saturated heterocycles. The number of hydrogen-bond donors (Lipinski definition) is 3. The summed E-state index contributed by atoms with van der Waals surface area (Å²) in [7, 11) is 0. The van der Waals surface area contributed by atoms with Gasteiger partial charge in [-0.3, -0.25) is 14.4 Å². The number of aliphatic hydroxyl groups excluding tert-OH is 2. The van der Waals surface area contributed by atoms with E-state index in [0.717, 1.165) is 122 Å². The van der Waals surface area contributed by atoms with Crippen molar-refractivity contribution in [3.8, 4) is 0 Å². The summed E-state index contributed by atoms with van der Waals surface area (Å²) in [5.74, 6) is -3.15. The van der Waals surface area contributed by atoms with Crippen molar-refractivity contribution in [3.05, 3.63) is 60.8 Å². The summed E-state index contributed by atoms with van der Waals surface area (Å²) in [6.07, 6.45) is 53.2. The van der Waals surface area contributed by atoms with E-state index in [9.17, 15) is 34.5 Å². The number of ether oxygens (including phenoxy) is 5. The minimum Gasteiger partial charge on any atom is -0.479 e. The summed E-state index contributed by atoms with van der Waals surface area (Å²) in [6, 6.07) is 0. The van der Waals surface area contributed by atoms with Crippen LogP contribution in [-0.4, -0.2) is 89.2 Å². The van der Waals surface area contributed by atoms with Crippen LogP contribution < -0.4 is 0 Å². The number of carbonyl (C=O) groups excluding carboxylic acids is 3. The summed E-state index contributed by atoms with van der Waals surface area (Å²) in [5.41, 5.74) is 0. The Labute approximate surface area is 468 Å². The third-order valence-electron chi connectivity index (χ3n) is 14.0. The van der Waals surface area contributed by atoms with E-state index in [1.807, 2.05) is 0 Å². The standard InChI is InChI=1S/C65H112O12/c1-4-7-10-13-16-19-22-25-28-29-32-35-38-41-44-47-50-53-59(68)76-63-61(70)60(69)62(64(71)72)77-65(63)74-55-56(75-58(67)52-49-46-43-40-37-34-31-27-24-21-18-15-12-9-6-3)54-73-57(66)51-48-45-42-39-36-33-30-26-23-20-17-14-11-8-5-2/h17-18,20-21,25-28,30-31,56,60-63,65,69-70H,4-16,19,22-24,29,32-55H2,1-3H3,(H,71,72)/b20-17-,21-18-,28-25-,30-26-,31-27-. The molecule has 1 heterocycles. The topological polar surface area (TPSA) is 175 Å². The Bertz CT molecular complexity index is 1570. The molecule has 0 spiro atoms. The number of aliphatic carboxylic acids is 1. The number of esters is 3. The summed E-state index contributed by atoms with van der Waals surface area (Å²) >= 11 is 0. The maximum Gasteiger partial charge on any atom is 0.335 e. The van der Waals surface area contributed by atoms with E-state index < -0.39 is 67.3 Å². The Kier molecular flexibility index (Phi) is 49.2. The van der Waals surface area contributed by atoms with Gasteiger partial charge in [-0.15, -0.1) is 0 Å². The van der Waals surface area contributed by atoms with E-state index in [1.165, 1.54) is 96.3 Å². The van der Waals surface area contributed by atoms with Crippen LogP contribution in [0.5, 0.6) is 0 Å². The third-order valence-corrected chi connectivity index (χ3v) is 14.0. The number of rotatable bonds is 53. The molecule has 12 nitrogen and oxygen atoms in total. The molecule has 6 unspecified atom stereocenters. The molecule has 1 aliphatic heterocycles. The van der Waals surface area contributed by atoms with Crippen molar-refractivity contribution in [1.29, 1.82) is 0 Å². The zero-order valence-electron chi connectivity index (χ0n) is 49.0. The minimum absolute atomic E-state index is 0.0524. The molecule has 1 rings (SSSR count). The molecule has 1 aliphatic rings. The van der Waals surface area contributed by atoms with Crippen molar-refractivity contribution < 1.29 is 58.2 Å². The Balaban J connectivity index is 2.69. The smallest absolute Gasteiger partial charge is 0.335 e. The van der Waals surface area contributed by atoms with Gasteiger partial charge >= 0.3 is 23.9 Å². The van der Waals surface area contributed by atoms with Gasteiger partial charge in [-0.25, -0.2) is 4.79 Å². The van der Waals surface area contributed by atoms with Crippen molar-refractivity contribution in [1.82, 2.24) is 0 Å². The number of aliphatic hydroxyl groups is 2. The van der Waals surface area contributed by atoms with Crippen LogP contribution in [0.15, 0.2) is 60.8 Å². The van der Waals surface area contributed by atoms with Gasteiger partial charge in [0.1, 0.15) is 18.8 Å². The largest absolute Gasteiger partial charge is 0.479 e. The lowest BCUT2D eigenvalue weighted by atomic mass is 9.98. The molecule has 0 aliphatic carbocycles. The highest BCUT2D eigenvalue weighted by Gasteiger charge is 2.50. The molecule has 0 aromatic carbocycles. The molecule has 0 amide bonds. The minimum atomic E-state index is -1.91. The fourth-order valence-corrected chi connectivity index (χ4v) is 9.19.